The van der Waals surface area contributed by atoms with E-state index in [-0.39, 0.29) is 11.7 Å². The molecule has 1 amide bonds. The lowest BCUT2D eigenvalue weighted by atomic mass is 9.89. The number of likely N-dealkylation sites (tertiary alicyclic amines) is 1. The van der Waals surface area contributed by atoms with Gasteiger partial charge in [-0.3, -0.25) is 9.69 Å². The van der Waals surface area contributed by atoms with E-state index in [1.165, 1.54) is 12.1 Å². The lowest BCUT2D eigenvalue weighted by Gasteiger charge is -2.25. The minimum Gasteiger partial charge on any atom is -0.319 e. The molecule has 2 aromatic heterocycles. The molecule has 28 heavy (non-hydrogen) atoms. The summed E-state index contributed by atoms with van der Waals surface area (Å²) in [7, 11) is 0. The largest absolute Gasteiger partial charge is 0.319 e. The number of thiazole rings is 1. The molecule has 1 saturated heterocycles. The fourth-order valence-electron chi connectivity index (χ4n) is 4.19. The highest BCUT2D eigenvalue weighted by Crippen LogP contribution is 2.33. The molecule has 2 aliphatic heterocycles. The van der Waals surface area contributed by atoms with E-state index >= 15 is 0 Å². The van der Waals surface area contributed by atoms with E-state index < -0.39 is 5.82 Å². The van der Waals surface area contributed by atoms with E-state index in [1.54, 1.807) is 23.5 Å². The number of halogens is 1. The summed E-state index contributed by atoms with van der Waals surface area (Å²) in [5.74, 6) is 1.37. The molecular weight excluding hydrogens is 379 g/mol. The van der Waals surface area contributed by atoms with Gasteiger partial charge in [-0.05, 0) is 30.0 Å². The van der Waals surface area contributed by atoms with E-state index in [2.05, 4.69) is 25.4 Å². The zero-order chi connectivity index (χ0) is 19.1. The number of carbonyl (C=O) groups is 1. The van der Waals surface area contributed by atoms with Crippen LogP contribution in [-0.2, 0) is 19.5 Å². The van der Waals surface area contributed by atoms with Gasteiger partial charge in [0.2, 0.25) is 5.82 Å². The van der Waals surface area contributed by atoms with Crippen molar-refractivity contribution in [2.24, 2.45) is 11.8 Å². The first-order valence-corrected chi connectivity index (χ1v) is 10.1. The number of rotatable bonds is 4. The first kappa shape index (κ1) is 17.4. The Labute approximate surface area is 165 Å². The van der Waals surface area contributed by atoms with E-state index in [0.717, 1.165) is 43.4 Å². The van der Waals surface area contributed by atoms with Gasteiger partial charge in [0.05, 0.1) is 6.54 Å². The second-order valence-electron chi connectivity index (χ2n) is 7.36. The Bertz CT molecular complexity index is 1000. The lowest BCUT2D eigenvalue weighted by Crippen LogP contribution is -2.31. The molecule has 0 radical (unpaired) electrons. The Morgan fingerprint density at radius 2 is 2.14 bits per heavy atom. The number of anilines is 1. The molecule has 9 heteroatoms. The molecule has 5 rings (SSSR count). The van der Waals surface area contributed by atoms with E-state index in [9.17, 15) is 9.18 Å². The second-order valence-corrected chi connectivity index (χ2v) is 8.34. The zero-order valence-electron chi connectivity index (χ0n) is 15.1. The van der Waals surface area contributed by atoms with Crippen molar-refractivity contribution in [3.05, 3.63) is 58.3 Å². The van der Waals surface area contributed by atoms with Gasteiger partial charge in [-0.2, -0.15) is 0 Å². The summed E-state index contributed by atoms with van der Waals surface area (Å²) in [5, 5.41) is 14.2. The molecule has 2 atom stereocenters. The molecular formula is C19H19FN6OS. The lowest BCUT2D eigenvalue weighted by molar-refractivity contribution is 0.100. The molecule has 3 aromatic rings. The van der Waals surface area contributed by atoms with Crippen molar-refractivity contribution in [1.29, 1.82) is 0 Å². The standard InChI is InChI=1S/C19H19FN6OS/c20-14-2-1-3-15(7-14)22-19(27)18-24-23-16-6-12-8-25(9-13(12)10-26(16)18)11-17-21-4-5-28-17/h1-5,7,12-13H,6,8-11H2,(H,22,27)/t12-,13-/m0/s1. The third-order valence-corrected chi connectivity index (χ3v) is 6.23. The number of hydrogen-bond donors (Lipinski definition) is 1. The number of benzene rings is 1. The van der Waals surface area contributed by atoms with Gasteiger partial charge < -0.3 is 9.88 Å². The van der Waals surface area contributed by atoms with Crippen LogP contribution >= 0.6 is 11.3 Å². The maximum absolute atomic E-state index is 13.4. The van der Waals surface area contributed by atoms with Gasteiger partial charge in [0.15, 0.2) is 0 Å². The Kier molecular flexibility index (Phi) is 4.40. The molecule has 0 unspecified atom stereocenters. The van der Waals surface area contributed by atoms with Crippen LogP contribution in [0.2, 0.25) is 0 Å². The van der Waals surface area contributed by atoms with Crippen LogP contribution in [0.1, 0.15) is 21.5 Å². The number of carbonyl (C=O) groups excluding carboxylic acids is 1. The maximum Gasteiger partial charge on any atom is 0.293 e. The van der Waals surface area contributed by atoms with E-state index in [0.29, 0.717) is 17.5 Å². The Balaban J connectivity index is 1.29. The molecule has 1 aromatic carbocycles. The number of fused-ring (bicyclic) bond motifs is 2. The monoisotopic (exact) mass is 398 g/mol. The summed E-state index contributed by atoms with van der Waals surface area (Å²) in [4.78, 5) is 19.5. The molecule has 0 saturated carbocycles. The summed E-state index contributed by atoms with van der Waals surface area (Å²) >= 11 is 1.68. The van der Waals surface area contributed by atoms with Crippen molar-refractivity contribution in [2.75, 3.05) is 18.4 Å². The van der Waals surface area contributed by atoms with Crippen LogP contribution in [0.5, 0.6) is 0 Å². The van der Waals surface area contributed by atoms with E-state index in [1.807, 2.05) is 16.1 Å². The number of amides is 1. The average Bonchev–Trinajstić information content (AvgIpc) is 3.39. The third-order valence-electron chi connectivity index (χ3n) is 5.47. The van der Waals surface area contributed by atoms with Gasteiger partial charge in [0, 0.05) is 43.3 Å². The van der Waals surface area contributed by atoms with Crippen molar-refractivity contribution < 1.29 is 9.18 Å². The van der Waals surface area contributed by atoms with Gasteiger partial charge >= 0.3 is 0 Å². The molecule has 0 spiro atoms. The molecule has 0 bridgehead atoms. The summed E-state index contributed by atoms with van der Waals surface area (Å²) < 4.78 is 15.3. The number of hydrogen-bond acceptors (Lipinski definition) is 6. The molecule has 0 aliphatic carbocycles. The van der Waals surface area contributed by atoms with Crippen molar-refractivity contribution in [1.82, 2.24) is 24.6 Å². The summed E-state index contributed by atoms with van der Waals surface area (Å²) in [5.41, 5.74) is 0.409. The smallest absolute Gasteiger partial charge is 0.293 e. The highest BCUT2D eigenvalue weighted by molar-refractivity contribution is 7.09. The van der Waals surface area contributed by atoms with Crippen LogP contribution in [0.15, 0.2) is 35.8 Å². The number of aromatic nitrogens is 4. The Hall–Kier alpha value is -2.65. The second kappa shape index (κ2) is 7.06. The third kappa shape index (κ3) is 3.31. The van der Waals surface area contributed by atoms with Crippen molar-refractivity contribution in [3.63, 3.8) is 0 Å². The van der Waals surface area contributed by atoms with Crippen LogP contribution < -0.4 is 5.32 Å². The van der Waals surface area contributed by atoms with Gasteiger partial charge in [0.25, 0.3) is 5.91 Å². The van der Waals surface area contributed by atoms with Crippen LogP contribution in [0.3, 0.4) is 0 Å². The maximum atomic E-state index is 13.4. The van der Waals surface area contributed by atoms with Crippen LogP contribution in [0.4, 0.5) is 10.1 Å². The molecule has 4 heterocycles. The summed E-state index contributed by atoms with van der Waals surface area (Å²) in [6.07, 6.45) is 2.66. The molecule has 144 valence electrons. The fraction of sp³-hybridized carbons (Fsp3) is 0.368. The van der Waals surface area contributed by atoms with Crippen molar-refractivity contribution in [2.45, 2.75) is 19.5 Å². The Morgan fingerprint density at radius 3 is 2.96 bits per heavy atom. The normalized spacial score (nSPS) is 21.3. The van der Waals surface area contributed by atoms with Gasteiger partial charge in [-0.25, -0.2) is 9.37 Å². The minimum atomic E-state index is -0.393. The van der Waals surface area contributed by atoms with Crippen molar-refractivity contribution in [3.8, 4) is 0 Å². The highest BCUT2D eigenvalue weighted by Gasteiger charge is 2.39. The predicted octanol–water partition coefficient (Wildman–Crippen LogP) is 2.43. The van der Waals surface area contributed by atoms with Gasteiger partial charge in [0.1, 0.15) is 16.6 Å². The quantitative estimate of drug-likeness (QED) is 0.731. The Morgan fingerprint density at radius 1 is 1.25 bits per heavy atom. The number of nitrogens with one attached hydrogen (secondary N) is 1. The molecule has 2 aliphatic rings. The summed E-state index contributed by atoms with van der Waals surface area (Å²) in [6, 6.07) is 5.84. The number of nitrogens with zero attached hydrogens (tertiary/aromatic N) is 5. The zero-order valence-corrected chi connectivity index (χ0v) is 15.9. The summed E-state index contributed by atoms with van der Waals surface area (Å²) in [6.45, 7) is 3.60. The van der Waals surface area contributed by atoms with Crippen LogP contribution in [0.25, 0.3) is 0 Å². The van der Waals surface area contributed by atoms with Crippen LogP contribution in [0, 0.1) is 17.7 Å². The average molecular weight is 398 g/mol. The van der Waals surface area contributed by atoms with Crippen molar-refractivity contribution >= 4 is 22.9 Å². The molecule has 7 nitrogen and oxygen atoms in total. The predicted molar refractivity (Wildman–Crippen MR) is 102 cm³/mol. The van der Waals surface area contributed by atoms with Crippen LogP contribution in [-0.4, -0.2) is 43.6 Å². The van der Waals surface area contributed by atoms with Gasteiger partial charge in [-0.15, -0.1) is 21.5 Å². The van der Waals surface area contributed by atoms with Gasteiger partial charge in [-0.1, -0.05) is 6.07 Å². The fourth-order valence-corrected chi connectivity index (χ4v) is 4.85. The highest BCUT2D eigenvalue weighted by atomic mass is 32.1. The topological polar surface area (TPSA) is 75.9 Å². The molecule has 1 N–H and O–H groups in total. The molecule has 1 fully saturated rings. The van der Waals surface area contributed by atoms with E-state index in [4.69, 9.17) is 0 Å². The first-order valence-electron chi connectivity index (χ1n) is 9.25. The minimum absolute atomic E-state index is 0.288. The SMILES string of the molecule is O=C(Nc1cccc(F)c1)c1nnc2n1C[C@@H]1CN(Cc3nccs3)C[C@@H]1C2. The first-order chi connectivity index (χ1) is 13.7.